The fraction of sp³-hybridized carbons (Fsp3) is 0.556. The number of carbonyl (C=O) groups excluding carboxylic acids is 2. The molecule has 0 aromatic heterocycles. The maximum atomic E-state index is 12.3. The van der Waals surface area contributed by atoms with Crippen molar-refractivity contribution in [2.24, 2.45) is 0 Å². The summed E-state index contributed by atoms with van der Waals surface area (Å²) in [6, 6.07) is 8.75. The minimum atomic E-state index is -2.79. The number of ether oxygens (including phenoxy) is 2. The van der Waals surface area contributed by atoms with Crippen molar-refractivity contribution in [3.63, 3.8) is 0 Å². The van der Waals surface area contributed by atoms with Crippen molar-refractivity contribution >= 4 is 12.2 Å². The van der Waals surface area contributed by atoms with Gasteiger partial charge in [-0.25, -0.2) is 9.59 Å². The summed E-state index contributed by atoms with van der Waals surface area (Å²) in [6.45, 7) is -1.54. The first-order valence-electron chi connectivity index (χ1n) is 10.6. The van der Waals surface area contributed by atoms with E-state index >= 15 is 0 Å². The second kappa shape index (κ2) is 9.15. The molecule has 0 saturated carbocycles. The third kappa shape index (κ3) is 7.85. The van der Waals surface area contributed by atoms with E-state index in [0.29, 0.717) is 15.4 Å². The molecule has 0 aliphatic carbocycles. The van der Waals surface area contributed by atoms with Crippen LogP contribution in [0.15, 0.2) is 30.3 Å². The molecule has 6 heteroatoms. The van der Waals surface area contributed by atoms with Crippen molar-refractivity contribution in [1.82, 2.24) is 9.80 Å². The lowest BCUT2D eigenvalue weighted by atomic mass is 10.2. The summed E-state index contributed by atoms with van der Waals surface area (Å²) in [4.78, 5) is 25.5. The van der Waals surface area contributed by atoms with Crippen molar-refractivity contribution in [2.45, 2.75) is 39.4 Å². The van der Waals surface area contributed by atoms with E-state index in [1.54, 1.807) is 51.1 Å². The van der Waals surface area contributed by atoms with E-state index < -0.39 is 31.7 Å². The van der Waals surface area contributed by atoms with Gasteiger partial charge in [0.15, 0.2) is 0 Å². The Morgan fingerprint density at radius 2 is 1.62 bits per heavy atom. The number of rotatable bonds is 6. The summed E-state index contributed by atoms with van der Waals surface area (Å²) in [7, 11) is 0. The van der Waals surface area contributed by atoms with Crippen LogP contribution in [0.1, 0.15) is 41.0 Å². The molecule has 6 nitrogen and oxygen atoms in total. The summed E-state index contributed by atoms with van der Waals surface area (Å²) in [5.74, 6) is 0. The van der Waals surface area contributed by atoms with Crippen LogP contribution >= 0.6 is 0 Å². The summed E-state index contributed by atoms with van der Waals surface area (Å²) in [5.41, 5.74) is -0.207. The number of nitrogens with zero attached hydrogens (tertiary/aromatic N) is 2. The first-order valence-corrected chi connectivity index (χ1v) is 7.60. The Morgan fingerprint density at radius 3 is 2.17 bits per heavy atom. The highest BCUT2D eigenvalue weighted by Gasteiger charge is 2.19. The van der Waals surface area contributed by atoms with Crippen molar-refractivity contribution in [1.29, 1.82) is 0 Å². The Bertz CT molecular complexity index is 701. The molecule has 0 unspecified atom stereocenters. The monoisotopic (exact) mass is 342 g/mol. The molecule has 0 N–H and O–H groups in total. The van der Waals surface area contributed by atoms with Gasteiger partial charge in [-0.1, -0.05) is 30.3 Å². The van der Waals surface area contributed by atoms with E-state index in [-0.39, 0.29) is 26.1 Å². The van der Waals surface area contributed by atoms with Crippen LogP contribution in [0, 0.1) is 0 Å². The summed E-state index contributed by atoms with van der Waals surface area (Å²) in [5, 5.41) is 0. The third-order valence-electron chi connectivity index (χ3n) is 2.80. The number of amides is 2. The number of benzene rings is 1. The molecule has 0 aliphatic heterocycles. The zero-order valence-corrected chi connectivity index (χ0v) is 14.2. The molecule has 0 spiro atoms. The smallest absolute Gasteiger partial charge is 0.410 e. The van der Waals surface area contributed by atoms with Gasteiger partial charge in [-0.05, 0) is 32.8 Å². The van der Waals surface area contributed by atoms with Crippen LogP contribution in [0.3, 0.4) is 0 Å². The van der Waals surface area contributed by atoms with Crippen LogP contribution in [0.2, 0.25) is 0 Å². The standard InChI is InChI=1S/C18H28N2O4/c1-18(2,3)24-17(22)20(5)13-9-12-19(4)16(21)23-14-15-10-7-6-8-11-15/h6-8,10-11H,9,12-14H2,1-5H3/i4D3,5D3. The van der Waals surface area contributed by atoms with Gasteiger partial charge >= 0.3 is 12.2 Å². The molecule has 0 bridgehead atoms. The Morgan fingerprint density at radius 1 is 1.04 bits per heavy atom. The van der Waals surface area contributed by atoms with Crippen molar-refractivity contribution in [2.75, 3.05) is 27.0 Å². The molecule has 134 valence electrons. The second-order valence-corrected chi connectivity index (χ2v) is 6.18. The molecule has 0 aliphatic rings. The zero-order valence-electron chi connectivity index (χ0n) is 20.2. The summed E-state index contributed by atoms with van der Waals surface area (Å²) >= 11 is 0. The Hall–Kier alpha value is -2.24. The van der Waals surface area contributed by atoms with Gasteiger partial charge < -0.3 is 19.3 Å². The van der Waals surface area contributed by atoms with Crippen LogP contribution in [0.25, 0.3) is 0 Å². The molecule has 0 heterocycles. The molecule has 1 rings (SSSR count). The molecule has 0 saturated heterocycles. The minimum absolute atomic E-state index is 0.101. The Kier molecular flexibility index (Phi) is 4.64. The van der Waals surface area contributed by atoms with Crippen LogP contribution in [0.4, 0.5) is 9.59 Å². The predicted molar refractivity (Wildman–Crippen MR) is 92.7 cm³/mol. The fourth-order valence-corrected chi connectivity index (χ4v) is 1.68. The van der Waals surface area contributed by atoms with Gasteiger partial charge in [-0.15, -0.1) is 0 Å². The van der Waals surface area contributed by atoms with E-state index in [1.165, 1.54) is 0 Å². The Balaban J connectivity index is 2.75. The Labute approximate surface area is 152 Å². The van der Waals surface area contributed by atoms with Gasteiger partial charge in [0, 0.05) is 35.3 Å². The molecule has 1 aromatic carbocycles. The lowest BCUT2D eigenvalue weighted by Crippen LogP contribution is -2.36. The first-order chi connectivity index (χ1) is 13.6. The minimum Gasteiger partial charge on any atom is -0.445 e. The first kappa shape index (κ1) is 12.2. The van der Waals surface area contributed by atoms with E-state index in [9.17, 15) is 9.59 Å². The lowest BCUT2D eigenvalue weighted by molar-refractivity contribution is 0.0293. The molecule has 24 heavy (non-hydrogen) atoms. The van der Waals surface area contributed by atoms with E-state index in [0.717, 1.165) is 0 Å². The summed E-state index contributed by atoms with van der Waals surface area (Å²) in [6.07, 6.45) is -2.21. The van der Waals surface area contributed by atoms with Gasteiger partial charge in [0.1, 0.15) is 12.2 Å². The van der Waals surface area contributed by atoms with Crippen LogP contribution in [-0.4, -0.2) is 54.6 Å². The van der Waals surface area contributed by atoms with Gasteiger partial charge in [0.2, 0.25) is 0 Å². The highest BCUT2D eigenvalue weighted by molar-refractivity contribution is 5.68. The van der Waals surface area contributed by atoms with Crippen molar-refractivity contribution in [3.05, 3.63) is 35.9 Å². The third-order valence-corrected chi connectivity index (χ3v) is 2.80. The molecule has 0 atom stereocenters. The zero-order chi connectivity index (χ0) is 23.2. The number of hydrogen-bond donors (Lipinski definition) is 0. The molecule has 0 fully saturated rings. The summed E-state index contributed by atoms with van der Waals surface area (Å²) < 4.78 is 55.4. The average molecular weight is 342 g/mol. The molecule has 1 aromatic rings. The second-order valence-electron chi connectivity index (χ2n) is 6.18. The maximum absolute atomic E-state index is 12.3. The maximum Gasteiger partial charge on any atom is 0.410 e. The topological polar surface area (TPSA) is 59.1 Å². The number of carbonyl (C=O) groups is 2. The average Bonchev–Trinajstić information content (AvgIpc) is 2.56. The predicted octanol–water partition coefficient (Wildman–Crippen LogP) is 3.51. The van der Waals surface area contributed by atoms with E-state index in [1.807, 2.05) is 0 Å². The van der Waals surface area contributed by atoms with Gasteiger partial charge in [0.05, 0.1) is 0 Å². The largest absolute Gasteiger partial charge is 0.445 e. The van der Waals surface area contributed by atoms with E-state index in [2.05, 4.69) is 0 Å². The van der Waals surface area contributed by atoms with Crippen LogP contribution in [0.5, 0.6) is 0 Å². The van der Waals surface area contributed by atoms with Crippen LogP contribution in [-0.2, 0) is 16.1 Å². The molecular weight excluding hydrogens is 308 g/mol. The van der Waals surface area contributed by atoms with Gasteiger partial charge in [0.25, 0.3) is 0 Å². The normalized spacial score (nSPS) is 15.6. The van der Waals surface area contributed by atoms with E-state index in [4.69, 9.17) is 17.7 Å². The molecule has 0 radical (unpaired) electrons. The quantitative estimate of drug-likeness (QED) is 0.794. The number of hydrogen-bond acceptors (Lipinski definition) is 4. The van der Waals surface area contributed by atoms with Crippen molar-refractivity contribution in [3.8, 4) is 0 Å². The van der Waals surface area contributed by atoms with Crippen LogP contribution < -0.4 is 0 Å². The molecular formula is C18H28N2O4. The van der Waals surface area contributed by atoms with Gasteiger partial charge in [-0.2, -0.15) is 0 Å². The molecule has 2 amide bonds. The SMILES string of the molecule is [2H]C([2H])([2H])N(CCCN(C(=O)OC(C)(C)C)C([2H])([2H])[2H])C(=O)OCc1ccccc1. The lowest BCUT2D eigenvalue weighted by Gasteiger charge is -2.25. The van der Waals surface area contributed by atoms with Crippen molar-refractivity contribution < 1.29 is 27.3 Å². The van der Waals surface area contributed by atoms with Gasteiger partial charge in [-0.3, -0.25) is 0 Å². The highest BCUT2D eigenvalue weighted by atomic mass is 16.6. The fourth-order valence-electron chi connectivity index (χ4n) is 1.68. The highest BCUT2D eigenvalue weighted by Crippen LogP contribution is 2.09.